The lowest BCUT2D eigenvalue weighted by Crippen LogP contribution is -2.13. The molecule has 6 heteroatoms. The normalized spacial score (nSPS) is 12.2. The first-order chi connectivity index (χ1) is 6.99. The van der Waals surface area contributed by atoms with E-state index in [-0.39, 0.29) is 10.0 Å². The van der Waals surface area contributed by atoms with Crippen molar-refractivity contribution in [3.05, 3.63) is 22.2 Å². The molecule has 0 saturated heterocycles. The number of phenolic OH excluding ortho intramolecular Hbond substituents is 2. The van der Waals surface area contributed by atoms with E-state index >= 15 is 0 Å². The number of ether oxygens (including phenoxy) is 1. The van der Waals surface area contributed by atoms with Gasteiger partial charge in [-0.25, -0.2) is 4.79 Å². The molecule has 0 fully saturated rings. The molecule has 1 aromatic carbocycles. The predicted molar refractivity (Wildman–Crippen MR) is 54.4 cm³/mol. The summed E-state index contributed by atoms with van der Waals surface area (Å²) in [6, 6.07) is 2.71. The summed E-state index contributed by atoms with van der Waals surface area (Å²) in [6.45, 7) is 0. The van der Waals surface area contributed by atoms with Crippen molar-refractivity contribution in [3.8, 4) is 11.5 Å². The topological polar surface area (TPSA) is 87.0 Å². The summed E-state index contributed by atoms with van der Waals surface area (Å²) >= 11 is 2.98. The summed E-state index contributed by atoms with van der Waals surface area (Å²) in [5, 5.41) is 28.2. The second-order valence-electron chi connectivity index (χ2n) is 2.76. The van der Waals surface area contributed by atoms with Crippen LogP contribution in [-0.4, -0.2) is 28.4 Å². The van der Waals surface area contributed by atoms with Crippen LogP contribution in [0.2, 0.25) is 0 Å². The summed E-state index contributed by atoms with van der Waals surface area (Å²) < 4.78 is 4.56. The minimum atomic E-state index is -1.62. The average Bonchev–Trinajstić information content (AvgIpc) is 2.24. The van der Waals surface area contributed by atoms with Gasteiger partial charge in [-0.05, 0) is 22.0 Å². The minimum Gasteiger partial charge on any atom is -0.504 e. The molecule has 5 nitrogen and oxygen atoms in total. The van der Waals surface area contributed by atoms with Gasteiger partial charge in [0.15, 0.2) is 17.6 Å². The number of phenols is 2. The van der Waals surface area contributed by atoms with Crippen LogP contribution in [-0.2, 0) is 9.53 Å². The Bertz CT molecular complexity index is 390. The van der Waals surface area contributed by atoms with Crippen molar-refractivity contribution < 1.29 is 24.9 Å². The fourth-order valence-corrected chi connectivity index (χ4v) is 1.35. The summed E-state index contributed by atoms with van der Waals surface area (Å²) in [7, 11) is 1.11. The number of aliphatic hydroxyl groups is 1. The maximum atomic E-state index is 11.0. The van der Waals surface area contributed by atoms with Crippen molar-refractivity contribution in [2.45, 2.75) is 6.10 Å². The molecule has 0 amide bonds. The zero-order valence-electron chi connectivity index (χ0n) is 7.77. The molecular formula is C9H9BrO5. The number of halogens is 1. The monoisotopic (exact) mass is 276 g/mol. The third-order valence-corrected chi connectivity index (χ3v) is 2.49. The van der Waals surface area contributed by atoms with Gasteiger partial charge >= 0.3 is 5.97 Å². The van der Waals surface area contributed by atoms with E-state index in [0.717, 1.165) is 7.11 Å². The molecule has 3 N–H and O–H groups in total. The molecule has 0 radical (unpaired) electrons. The van der Waals surface area contributed by atoms with E-state index < -0.39 is 23.6 Å². The number of benzene rings is 1. The van der Waals surface area contributed by atoms with Crippen LogP contribution >= 0.6 is 15.9 Å². The molecule has 0 saturated carbocycles. The summed E-state index contributed by atoms with van der Waals surface area (Å²) in [5.74, 6) is -1.90. The Labute approximate surface area is 94.1 Å². The van der Waals surface area contributed by atoms with Gasteiger partial charge in [-0.1, -0.05) is 6.07 Å². The van der Waals surface area contributed by atoms with Crippen LogP contribution in [0.4, 0.5) is 0 Å². The zero-order valence-corrected chi connectivity index (χ0v) is 9.35. The van der Waals surface area contributed by atoms with Gasteiger partial charge in [0.1, 0.15) is 0 Å². The number of aliphatic hydroxyl groups excluding tert-OH is 1. The number of hydrogen-bond acceptors (Lipinski definition) is 5. The largest absolute Gasteiger partial charge is 0.504 e. The highest BCUT2D eigenvalue weighted by molar-refractivity contribution is 9.10. The van der Waals surface area contributed by atoms with Gasteiger partial charge in [0, 0.05) is 5.56 Å². The number of hydrogen-bond donors (Lipinski definition) is 3. The first-order valence-corrected chi connectivity index (χ1v) is 4.74. The van der Waals surface area contributed by atoms with Gasteiger partial charge in [-0.3, -0.25) is 0 Å². The molecule has 0 heterocycles. The van der Waals surface area contributed by atoms with Gasteiger partial charge in [0.25, 0.3) is 0 Å². The van der Waals surface area contributed by atoms with Crippen LogP contribution in [0, 0.1) is 0 Å². The number of esters is 1. The van der Waals surface area contributed by atoms with E-state index in [2.05, 4.69) is 20.7 Å². The van der Waals surface area contributed by atoms with Gasteiger partial charge in [-0.15, -0.1) is 0 Å². The van der Waals surface area contributed by atoms with Crippen molar-refractivity contribution in [1.29, 1.82) is 0 Å². The van der Waals surface area contributed by atoms with Crippen LogP contribution in [0.1, 0.15) is 11.7 Å². The first kappa shape index (κ1) is 11.8. The highest BCUT2D eigenvalue weighted by Gasteiger charge is 2.23. The van der Waals surface area contributed by atoms with E-state index in [9.17, 15) is 20.1 Å². The van der Waals surface area contributed by atoms with Crippen LogP contribution in [0.5, 0.6) is 11.5 Å². The highest BCUT2D eigenvalue weighted by Crippen LogP contribution is 2.38. The van der Waals surface area contributed by atoms with E-state index in [1.165, 1.54) is 12.1 Å². The van der Waals surface area contributed by atoms with E-state index in [4.69, 9.17) is 0 Å². The van der Waals surface area contributed by atoms with Crippen molar-refractivity contribution in [2.75, 3.05) is 7.11 Å². The molecule has 0 spiro atoms. The lowest BCUT2D eigenvalue weighted by molar-refractivity contribution is -0.150. The first-order valence-electron chi connectivity index (χ1n) is 3.95. The molecule has 1 unspecified atom stereocenters. The fraction of sp³-hybridized carbons (Fsp3) is 0.222. The molecule has 0 aliphatic carbocycles. The van der Waals surface area contributed by atoms with Gasteiger partial charge in [0.2, 0.25) is 0 Å². The molecule has 1 aromatic rings. The van der Waals surface area contributed by atoms with Crippen molar-refractivity contribution in [2.24, 2.45) is 0 Å². The molecule has 1 atom stereocenters. The Balaban J connectivity index is 3.16. The molecule has 1 rings (SSSR count). The average molecular weight is 277 g/mol. The van der Waals surface area contributed by atoms with Crippen LogP contribution in [0.25, 0.3) is 0 Å². The fourth-order valence-electron chi connectivity index (χ4n) is 1.03. The highest BCUT2D eigenvalue weighted by atomic mass is 79.9. The van der Waals surface area contributed by atoms with Crippen LogP contribution < -0.4 is 0 Å². The lowest BCUT2D eigenvalue weighted by atomic mass is 10.1. The third-order valence-electron chi connectivity index (χ3n) is 1.85. The van der Waals surface area contributed by atoms with E-state index in [1.807, 2.05) is 0 Å². The summed E-state index contributed by atoms with van der Waals surface area (Å²) in [6.07, 6.45) is -1.62. The summed E-state index contributed by atoms with van der Waals surface area (Å²) in [5.41, 5.74) is -0.109. The van der Waals surface area contributed by atoms with Crippen LogP contribution in [0.3, 0.4) is 0 Å². The second-order valence-corrected chi connectivity index (χ2v) is 3.61. The smallest absolute Gasteiger partial charge is 0.339 e. The number of rotatable bonds is 2. The Morgan fingerprint density at radius 1 is 1.40 bits per heavy atom. The maximum absolute atomic E-state index is 11.0. The van der Waals surface area contributed by atoms with E-state index in [1.54, 1.807) is 0 Å². The molecule has 0 aliphatic rings. The Morgan fingerprint density at radius 2 is 2.00 bits per heavy atom. The molecular weight excluding hydrogens is 268 g/mol. The minimum absolute atomic E-state index is 0.109. The number of methoxy groups -OCH3 is 1. The molecule has 0 aromatic heterocycles. The van der Waals surface area contributed by atoms with Gasteiger partial charge < -0.3 is 20.1 Å². The number of aromatic hydroxyl groups is 2. The standard InChI is InChI=1S/C9H9BrO5/c1-15-9(14)7(12)4-2-3-5(10)8(13)6(4)11/h2-3,7,11-13H,1H3. The molecule has 82 valence electrons. The summed E-state index contributed by atoms with van der Waals surface area (Å²) in [4.78, 5) is 11.0. The van der Waals surface area contributed by atoms with Crippen molar-refractivity contribution in [3.63, 3.8) is 0 Å². The Hall–Kier alpha value is -1.27. The van der Waals surface area contributed by atoms with Gasteiger partial charge in [-0.2, -0.15) is 0 Å². The quantitative estimate of drug-likeness (QED) is 0.556. The molecule has 0 bridgehead atoms. The SMILES string of the molecule is COC(=O)C(O)c1ccc(Br)c(O)c1O. The Kier molecular flexibility index (Phi) is 3.54. The molecule has 15 heavy (non-hydrogen) atoms. The predicted octanol–water partition coefficient (Wildman–Crippen LogP) is 1.07. The van der Waals surface area contributed by atoms with Crippen LogP contribution in [0.15, 0.2) is 16.6 Å². The second kappa shape index (κ2) is 4.50. The third kappa shape index (κ3) is 2.21. The maximum Gasteiger partial charge on any atom is 0.339 e. The molecule has 0 aliphatic heterocycles. The van der Waals surface area contributed by atoms with E-state index in [0.29, 0.717) is 0 Å². The zero-order chi connectivity index (χ0) is 11.6. The Morgan fingerprint density at radius 3 is 2.53 bits per heavy atom. The number of carbonyl (C=O) groups is 1. The van der Waals surface area contributed by atoms with Gasteiger partial charge in [0.05, 0.1) is 11.6 Å². The number of carbonyl (C=O) groups excluding carboxylic acids is 1. The van der Waals surface area contributed by atoms with Crippen molar-refractivity contribution in [1.82, 2.24) is 0 Å². The lowest BCUT2D eigenvalue weighted by Gasteiger charge is -2.11. The van der Waals surface area contributed by atoms with Crippen molar-refractivity contribution >= 4 is 21.9 Å².